The van der Waals surface area contributed by atoms with Crippen molar-refractivity contribution in [3.63, 3.8) is 0 Å². The third-order valence-corrected chi connectivity index (χ3v) is 4.75. The van der Waals surface area contributed by atoms with Crippen LogP contribution in [0.2, 0.25) is 0 Å². The van der Waals surface area contributed by atoms with Gasteiger partial charge in [-0.25, -0.2) is 0 Å². The van der Waals surface area contributed by atoms with Crippen molar-refractivity contribution in [3.8, 4) is 0 Å². The molecule has 0 atom stereocenters. The van der Waals surface area contributed by atoms with Crippen molar-refractivity contribution in [3.05, 3.63) is 0 Å². The van der Waals surface area contributed by atoms with Crippen molar-refractivity contribution < 1.29 is 4.74 Å². The van der Waals surface area contributed by atoms with Crippen molar-refractivity contribution in [1.29, 1.82) is 0 Å². The summed E-state index contributed by atoms with van der Waals surface area (Å²) in [6.07, 6.45) is 9.80. The molecule has 2 aliphatic carbocycles. The Labute approximate surface area is 119 Å². The molecule has 0 spiro atoms. The molecule has 2 rings (SSSR count). The lowest BCUT2D eigenvalue weighted by Gasteiger charge is -2.45. The zero-order chi connectivity index (χ0) is 13.9. The van der Waals surface area contributed by atoms with E-state index in [1.807, 2.05) is 0 Å². The minimum atomic E-state index is 0.478. The number of ether oxygens (including phenoxy) is 1. The van der Waals surface area contributed by atoms with Gasteiger partial charge in [0, 0.05) is 12.6 Å². The van der Waals surface area contributed by atoms with Gasteiger partial charge in [0.15, 0.2) is 0 Å². The van der Waals surface area contributed by atoms with Gasteiger partial charge in [0.05, 0.1) is 12.7 Å². The Balaban J connectivity index is 1.67. The molecule has 1 N–H and O–H groups in total. The Morgan fingerprint density at radius 1 is 1.00 bits per heavy atom. The molecule has 0 aromatic rings. The van der Waals surface area contributed by atoms with E-state index >= 15 is 0 Å². The second-order valence-electron chi connectivity index (χ2n) is 8.34. The third kappa shape index (κ3) is 5.07. The summed E-state index contributed by atoms with van der Waals surface area (Å²) in [5, 5.41) is 3.73. The van der Waals surface area contributed by atoms with E-state index in [0.29, 0.717) is 23.0 Å². The van der Waals surface area contributed by atoms with Gasteiger partial charge in [0.2, 0.25) is 0 Å². The van der Waals surface area contributed by atoms with Crippen LogP contribution in [0.1, 0.15) is 72.6 Å². The molecule has 112 valence electrons. The highest BCUT2D eigenvalue weighted by atomic mass is 16.5. The molecule has 0 unspecified atom stereocenters. The fourth-order valence-corrected chi connectivity index (χ4v) is 4.53. The van der Waals surface area contributed by atoms with Crippen molar-refractivity contribution in [2.45, 2.75) is 84.8 Å². The van der Waals surface area contributed by atoms with Crippen molar-refractivity contribution in [1.82, 2.24) is 5.32 Å². The summed E-state index contributed by atoms with van der Waals surface area (Å²) in [5.74, 6) is 0. The van der Waals surface area contributed by atoms with E-state index in [1.165, 1.54) is 44.9 Å². The maximum Gasteiger partial charge on any atom is 0.0594 e. The molecule has 0 amide bonds. The van der Waals surface area contributed by atoms with Crippen LogP contribution in [-0.4, -0.2) is 25.3 Å². The van der Waals surface area contributed by atoms with Crippen LogP contribution in [0.4, 0.5) is 0 Å². The molecular formula is C17H33NO. The minimum absolute atomic E-state index is 0.478. The Kier molecular flexibility index (Phi) is 4.94. The Morgan fingerprint density at radius 3 is 2.16 bits per heavy atom. The quantitative estimate of drug-likeness (QED) is 0.756. The van der Waals surface area contributed by atoms with Crippen molar-refractivity contribution in [2.75, 3.05) is 13.2 Å². The summed E-state index contributed by atoms with van der Waals surface area (Å²) in [4.78, 5) is 0. The molecule has 2 fully saturated rings. The van der Waals surface area contributed by atoms with Crippen LogP contribution >= 0.6 is 0 Å². The van der Waals surface area contributed by atoms with E-state index in [2.05, 4.69) is 33.0 Å². The van der Waals surface area contributed by atoms with Crippen LogP contribution in [0.25, 0.3) is 0 Å². The Hall–Kier alpha value is -0.0800. The molecule has 0 aromatic heterocycles. The summed E-state index contributed by atoms with van der Waals surface area (Å²) in [6, 6.07) is 0.672. The summed E-state index contributed by atoms with van der Waals surface area (Å²) < 4.78 is 5.94. The molecule has 0 radical (unpaired) electrons. The molecule has 19 heavy (non-hydrogen) atoms. The predicted octanol–water partition coefficient (Wildman–Crippen LogP) is 4.14. The van der Waals surface area contributed by atoms with Gasteiger partial charge in [0.25, 0.3) is 0 Å². The van der Waals surface area contributed by atoms with Crippen LogP contribution < -0.4 is 5.32 Å². The average molecular weight is 267 g/mol. The zero-order valence-electron chi connectivity index (χ0n) is 13.4. The first-order valence-corrected chi connectivity index (χ1v) is 8.21. The van der Waals surface area contributed by atoms with E-state index in [4.69, 9.17) is 4.74 Å². The molecule has 0 aromatic carbocycles. The minimum Gasteiger partial charge on any atom is -0.377 e. The molecule has 0 heterocycles. The van der Waals surface area contributed by atoms with Gasteiger partial charge in [-0.2, -0.15) is 0 Å². The largest absolute Gasteiger partial charge is 0.377 e. The highest BCUT2D eigenvalue weighted by Gasteiger charge is 2.38. The highest BCUT2D eigenvalue weighted by molar-refractivity contribution is 4.92. The van der Waals surface area contributed by atoms with E-state index < -0.39 is 0 Å². The third-order valence-electron chi connectivity index (χ3n) is 4.75. The Morgan fingerprint density at radius 2 is 1.58 bits per heavy atom. The monoisotopic (exact) mass is 267 g/mol. The first kappa shape index (κ1) is 15.3. The normalized spacial score (nSPS) is 27.8. The topological polar surface area (TPSA) is 21.3 Å². The summed E-state index contributed by atoms with van der Waals surface area (Å²) >= 11 is 0. The number of hydrogen-bond donors (Lipinski definition) is 1. The van der Waals surface area contributed by atoms with Gasteiger partial charge in [-0.05, 0) is 42.9 Å². The second-order valence-corrected chi connectivity index (χ2v) is 8.34. The van der Waals surface area contributed by atoms with Gasteiger partial charge in [-0.3, -0.25) is 0 Å². The molecule has 2 aliphatic rings. The van der Waals surface area contributed by atoms with Crippen LogP contribution in [0.3, 0.4) is 0 Å². The van der Waals surface area contributed by atoms with Gasteiger partial charge >= 0.3 is 0 Å². The summed E-state index contributed by atoms with van der Waals surface area (Å²) in [6.45, 7) is 11.6. The zero-order valence-corrected chi connectivity index (χ0v) is 13.4. The molecule has 0 saturated heterocycles. The maximum atomic E-state index is 5.94. The van der Waals surface area contributed by atoms with Crippen molar-refractivity contribution >= 4 is 0 Å². The molecule has 0 bridgehead atoms. The summed E-state index contributed by atoms with van der Waals surface area (Å²) in [5.41, 5.74) is 0.956. The lowest BCUT2D eigenvalue weighted by molar-refractivity contribution is 0.0485. The number of nitrogens with one attached hydrogen (secondary N) is 1. The SMILES string of the molecule is CC1(C)CC(NCCOC2CCCC2)CC(C)(C)C1. The standard InChI is InChI=1S/C17H33NO/c1-16(2)11-14(12-17(3,4)13-16)18-9-10-19-15-7-5-6-8-15/h14-15,18H,5-13H2,1-4H3. The first-order chi connectivity index (χ1) is 8.86. The van der Waals surface area contributed by atoms with Crippen LogP contribution in [0.15, 0.2) is 0 Å². The Bertz CT molecular complexity index is 263. The number of rotatable bonds is 5. The van der Waals surface area contributed by atoms with E-state index in [9.17, 15) is 0 Å². The molecule has 2 heteroatoms. The van der Waals surface area contributed by atoms with E-state index in [0.717, 1.165) is 13.2 Å². The molecular weight excluding hydrogens is 234 g/mol. The average Bonchev–Trinajstić information content (AvgIpc) is 2.72. The first-order valence-electron chi connectivity index (χ1n) is 8.21. The lowest BCUT2D eigenvalue weighted by atomic mass is 9.63. The van der Waals surface area contributed by atoms with Crippen LogP contribution in [-0.2, 0) is 4.74 Å². The van der Waals surface area contributed by atoms with Gasteiger partial charge in [-0.15, -0.1) is 0 Å². The predicted molar refractivity (Wildman–Crippen MR) is 81.4 cm³/mol. The van der Waals surface area contributed by atoms with Gasteiger partial charge < -0.3 is 10.1 Å². The highest BCUT2D eigenvalue weighted by Crippen LogP contribution is 2.45. The van der Waals surface area contributed by atoms with Crippen molar-refractivity contribution in [2.24, 2.45) is 10.8 Å². The van der Waals surface area contributed by atoms with Crippen LogP contribution in [0, 0.1) is 10.8 Å². The lowest BCUT2D eigenvalue weighted by Crippen LogP contribution is -2.44. The molecule has 0 aliphatic heterocycles. The number of hydrogen-bond acceptors (Lipinski definition) is 2. The maximum absolute atomic E-state index is 5.94. The second kappa shape index (κ2) is 6.13. The van der Waals surface area contributed by atoms with Gasteiger partial charge in [0.1, 0.15) is 0 Å². The van der Waals surface area contributed by atoms with E-state index in [1.54, 1.807) is 0 Å². The molecule has 2 nitrogen and oxygen atoms in total. The van der Waals surface area contributed by atoms with E-state index in [-0.39, 0.29) is 0 Å². The fourth-order valence-electron chi connectivity index (χ4n) is 4.53. The smallest absolute Gasteiger partial charge is 0.0594 e. The molecule has 2 saturated carbocycles. The van der Waals surface area contributed by atoms with Gasteiger partial charge in [-0.1, -0.05) is 40.5 Å². The fraction of sp³-hybridized carbons (Fsp3) is 1.00. The van der Waals surface area contributed by atoms with Crippen LogP contribution in [0.5, 0.6) is 0 Å². The summed E-state index contributed by atoms with van der Waals surface area (Å²) in [7, 11) is 0.